The molecule has 0 aliphatic heterocycles. The van der Waals surface area contributed by atoms with Gasteiger partial charge in [-0.1, -0.05) is 12.2 Å². The lowest BCUT2D eigenvalue weighted by atomic mass is 10.0. The molecule has 1 aliphatic carbocycles. The SMILES string of the molecule is CC(C)OC(=O)NN(C(=O)OC(C)C)C1C=CCCC1. The molecular formula is C14H24N2O4. The van der Waals surface area contributed by atoms with Crippen molar-refractivity contribution >= 4 is 12.2 Å². The molecule has 0 saturated carbocycles. The first-order chi connectivity index (χ1) is 9.40. The second kappa shape index (κ2) is 7.77. The van der Waals surface area contributed by atoms with Gasteiger partial charge >= 0.3 is 12.2 Å². The van der Waals surface area contributed by atoms with E-state index in [2.05, 4.69) is 5.43 Å². The van der Waals surface area contributed by atoms with Gasteiger partial charge in [0.05, 0.1) is 18.2 Å². The van der Waals surface area contributed by atoms with Gasteiger partial charge in [-0.05, 0) is 47.0 Å². The van der Waals surface area contributed by atoms with Crippen LogP contribution in [0.3, 0.4) is 0 Å². The molecule has 0 aromatic carbocycles. The Balaban J connectivity index is 2.72. The number of hydrogen-bond donors (Lipinski definition) is 1. The summed E-state index contributed by atoms with van der Waals surface area (Å²) in [4.78, 5) is 23.8. The number of carbonyl (C=O) groups is 2. The van der Waals surface area contributed by atoms with Gasteiger partial charge in [0.2, 0.25) is 0 Å². The largest absolute Gasteiger partial charge is 0.446 e. The number of rotatable bonds is 3. The van der Waals surface area contributed by atoms with Crippen LogP contribution in [0.4, 0.5) is 9.59 Å². The zero-order chi connectivity index (χ0) is 15.1. The fourth-order valence-electron chi connectivity index (χ4n) is 1.87. The van der Waals surface area contributed by atoms with Gasteiger partial charge in [0.25, 0.3) is 0 Å². The summed E-state index contributed by atoms with van der Waals surface area (Å²) in [6.07, 6.45) is 4.91. The molecule has 1 N–H and O–H groups in total. The molecule has 0 fully saturated rings. The maximum atomic E-state index is 12.1. The van der Waals surface area contributed by atoms with Crippen molar-refractivity contribution in [1.29, 1.82) is 0 Å². The molecule has 0 radical (unpaired) electrons. The summed E-state index contributed by atoms with van der Waals surface area (Å²) in [5, 5.41) is 1.21. The molecule has 2 amide bonds. The van der Waals surface area contributed by atoms with E-state index in [0.29, 0.717) is 0 Å². The molecule has 0 saturated heterocycles. The Morgan fingerprint density at radius 2 is 1.85 bits per heavy atom. The average Bonchev–Trinajstić information content (AvgIpc) is 2.35. The first-order valence-corrected chi connectivity index (χ1v) is 7.04. The van der Waals surface area contributed by atoms with Gasteiger partial charge in [-0.2, -0.15) is 0 Å². The third-order valence-electron chi connectivity index (χ3n) is 2.65. The van der Waals surface area contributed by atoms with Crippen LogP contribution >= 0.6 is 0 Å². The lowest BCUT2D eigenvalue weighted by Gasteiger charge is -2.31. The Bertz CT molecular complexity index is 366. The number of nitrogens with one attached hydrogen (secondary N) is 1. The second-order valence-corrected chi connectivity index (χ2v) is 5.29. The molecule has 1 aliphatic rings. The predicted molar refractivity (Wildman–Crippen MR) is 75.0 cm³/mol. The van der Waals surface area contributed by atoms with Crippen LogP contribution in [0.2, 0.25) is 0 Å². The zero-order valence-corrected chi connectivity index (χ0v) is 12.6. The van der Waals surface area contributed by atoms with Crippen molar-refractivity contribution in [2.75, 3.05) is 0 Å². The standard InChI is InChI=1S/C14H24N2O4/c1-10(2)19-13(17)15-16(14(18)20-11(3)4)12-8-6-5-7-9-12/h6,8,10-12H,5,7,9H2,1-4H3,(H,15,17). The van der Waals surface area contributed by atoms with Gasteiger partial charge in [0.1, 0.15) is 0 Å². The highest BCUT2D eigenvalue weighted by Gasteiger charge is 2.27. The van der Waals surface area contributed by atoms with Gasteiger partial charge in [0, 0.05) is 0 Å². The second-order valence-electron chi connectivity index (χ2n) is 5.29. The molecular weight excluding hydrogens is 260 g/mol. The summed E-state index contributed by atoms with van der Waals surface area (Å²) in [7, 11) is 0. The molecule has 0 heterocycles. The summed E-state index contributed by atoms with van der Waals surface area (Å²) in [5.74, 6) is 0. The Morgan fingerprint density at radius 1 is 1.20 bits per heavy atom. The van der Waals surface area contributed by atoms with Gasteiger partial charge in [-0.15, -0.1) is 0 Å². The first-order valence-electron chi connectivity index (χ1n) is 7.04. The summed E-state index contributed by atoms with van der Waals surface area (Å²) in [6, 6.07) is -0.199. The maximum Gasteiger partial charge on any atom is 0.429 e. The van der Waals surface area contributed by atoms with E-state index in [1.165, 1.54) is 5.01 Å². The summed E-state index contributed by atoms with van der Waals surface area (Å²) >= 11 is 0. The Morgan fingerprint density at radius 3 is 2.35 bits per heavy atom. The highest BCUT2D eigenvalue weighted by atomic mass is 16.6. The highest BCUT2D eigenvalue weighted by molar-refractivity contribution is 5.74. The number of amides is 2. The van der Waals surface area contributed by atoms with Crippen LogP contribution in [-0.2, 0) is 9.47 Å². The number of hydrogen-bond acceptors (Lipinski definition) is 4. The van der Waals surface area contributed by atoms with E-state index in [0.717, 1.165) is 19.3 Å². The number of carbonyl (C=O) groups excluding carboxylic acids is 2. The van der Waals surface area contributed by atoms with Crippen LogP contribution in [0.25, 0.3) is 0 Å². The van der Waals surface area contributed by atoms with Gasteiger partial charge in [-0.3, -0.25) is 0 Å². The van der Waals surface area contributed by atoms with Crippen molar-refractivity contribution in [1.82, 2.24) is 10.4 Å². The van der Waals surface area contributed by atoms with Crippen molar-refractivity contribution in [3.8, 4) is 0 Å². The molecule has 6 nitrogen and oxygen atoms in total. The molecule has 0 spiro atoms. The van der Waals surface area contributed by atoms with E-state index in [-0.39, 0.29) is 18.2 Å². The number of ether oxygens (including phenoxy) is 2. The monoisotopic (exact) mass is 284 g/mol. The predicted octanol–water partition coefficient (Wildman–Crippen LogP) is 2.99. The van der Waals surface area contributed by atoms with Gasteiger partial charge in [0.15, 0.2) is 0 Å². The molecule has 1 atom stereocenters. The van der Waals surface area contributed by atoms with Crippen molar-refractivity contribution in [3.05, 3.63) is 12.2 Å². The van der Waals surface area contributed by atoms with Crippen molar-refractivity contribution < 1.29 is 19.1 Å². The minimum Gasteiger partial charge on any atom is -0.446 e. The normalized spacial score (nSPS) is 18.0. The smallest absolute Gasteiger partial charge is 0.429 e. The van der Waals surface area contributed by atoms with Crippen LogP contribution in [0, 0.1) is 0 Å². The number of hydrazine groups is 1. The maximum absolute atomic E-state index is 12.1. The van der Waals surface area contributed by atoms with Crippen molar-refractivity contribution in [3.63, 3.8) is 0 Å². The van der Waals surface area contributed by atoms with Crippen LogP contribution in [-0.4, -0.2) is 35.4 Å². The van der Waals surface area contributed by atoms with Crippen LogP contribution < -0.4 is 5.43 Å². The van der Waals surface area contributed by atoms with E-state index in [1.54, 1.807) is 27.7 Å². The third-order valence-corrected chi connectivity index (χ3v) is 2.65. The summed E-state index contributed by atoms with van der Waals surface area (Å²) in [6.45, 7) is 7.02. The first kappa shape index (κ1) is 16.3. The average molecular weight is 284 g/mol. The molecule has 0 bridgehead atoms. The molecule has 1 unspecified atom stereocenters. The number of nitrogens with zero attached hydrogens (tertiary/aromatic N) is 1. The summed E-state index contributed by atoms with van der Waals surface area (Å²) < 4.78 is 10.2. The zero-order valence-electron chi connectivity index (χ0n) is 12.6. The van der Waals surface area contributed by atoms with Crippen molar-refractivity contribution in [2.45, 2.75) is 65.2 Å². The van der Waals surface area contributed by atoms with Crippen molar-refractivity contribution in [2.24, 2.45) is 0 Å². The van der Waals surface area contributed by atoms with E-state index < -0.39 is 12.2 Å². The quantitative estimate of drug-likeness (QED) is 0.639. The van der Waals surface area contributed by atoms with Crippen LogP contribution in [0.15, 0.2) is 12.2 Å². The molecule has 20 heavy (non-hydrogen) atoms. The third kappa shape index (κ3) is 5.50. The molecule has 0 aromatic rings. The Kier molecular flexibility index (Phi) is 6.35. The van der Waals surface area contributed by atoms with Gasteiger partial charge in [-0.25, -0.2) is 20.0 Å². The summed E-state index contributed by atoms with van der Waals surface area (Å²) in [5.41, 5.74) is 2.47. The van der Waals surface area contributed by atoms with Gasteiger partial charge < -0.3 is 9.47 Å². The van der Waals surface area contributed by atoms with E-state index in [9.17, 15) is 9.59 Å². The van der Waals surface area contributed by atoms with E-state index in [4.69, 9.17) is 9.47 Å². The minimum atomic E-state index is -0.653. The molecule has 114 valence electrons. The van der Waals surface area contributed by atoms with Crippen LogP contribution in [0.1, 0.15) is 47.0 Å². The molecule has 6 heteroatoms. The fraction of sp³-hybridized carbons (Fsp3) is 0.714. The topological polar surface area (TPSA) is 67.9 Å². The fourth-order valence-corrected chi connectivity index (χ4v) is 1.87. The molecule has 0 aromatic heterocycles. The minimum absolute atomic E-state index is 0.199. The Hall–Kier alpha value is -1.72. The Labute approximate surface area is 120 Å². The highest BCUT2D eigenvalue weighted by Crippen LogP contribution is 2.16. The lowest BCUT2D eigenvalue weighted by molar-refractivity contribution is 0.0362. The molecule has 1 rings (SSSR count). The van der Waals surface area contributed by atoms with E-state index >= 15 is 0 Å². The number of allylic oxidation sites excluding steroid dienone is 1. The van der Waals surface area contributed by atoms with Crippen LogP contribution in [0.5, 0.6) is 0 Å². The lowest BCUT2D eigenvalue weighted by Crippen LogP contribution is -2.52. The van der Waals surface area contributed by atoms with E-state index in [1.807, 2.05) is 12.2 Å².